The van der Waals surface area contributed by atoms with Crippen molar-refractivity contribution in [3.05, 3.63) is 71.0 Å². The molecular weight excluding hydrogens is 514 g/mol. The Balaban J connectivity index is 1.32. The lowest BCUT2D eigenvalue weighted by Crippen LogP contribution is -2.31. The van der Waals surface area contributed by atoms with Crippen molar-refractivity contribution in [3.8, 4) is 5.75 Å². The summed E-state index contributed by atoms with van der Waals surface area (Å²) in [5.74, 6) is -0.237. The molecule has 12 nitrogen and oxygen atoms in total. The van der Waals surface area contributed by atoms with Crippen LogP contribution in [0.4, 0.5) is 10.7 Å². The second kappa shape index (κ2) is 11.5. The number of aromatic nitrogens is 4. The third-order valence-corrected chi connectivity index (χ3v) is 6.70. The SMILES string of the molecule is CCn1nc(C)cc1C(=O)Nc1nc2cc(C(N)=O)cc3c2n1[C@@H](CCNC(=O)OCCc1ccccc1)CO3. The number of hydrogen-bond acceptors (Lipinski definition) is 7. The maximum absolute atomic E-state index is 13.2. The monoisotopic (exact) mass is 545 g/mol. The Labute approximate surface area is 230 Å². The van der Waals surface area contributed by atoms with Crippen molar-refractivity contribution in [2.24, 2.45) is 5.73 Å². The standard InChI is InChI=1S/C28H31N7O5/c1-3-34-22(13-17(2)33-34)26(37)32-27-31-21-14-19(25(29)36)15-23-24(21)35(27)20(16-40-23)9-11-30-28(38)39-12-10-18-7-5-4-6-8-18/h4-8,13-15,20H,3,9-12,16H2,1-2H3,(H2,29,36)(H,30,38)(H,31,32,37)/t20-/m0/s1. The summed E-state index contributed by atoms with van der Waals surface area (Å²) in [6.45, 7) is 5.07. The highest BCUT2D eigenvalue weighted by molar-refractivity contribution is 6.04. The van der Waals surface area contributed by atoms with Gasteiger partial charge in [-0.1, -0.05) is 30.3 Å². The average molecular weight is 546 g/mol. The van der Waals surface area contributed by atoms with Crippen molar-refractivity contribution in [1.82, 2.24) is 24.6 Å². The zero-order chi connectivity index (χ0) is 28.2. The molecule has 0 aliphatic carbocycles. The Kier molecular flexibility index (Phi) is 7.67. The minimum Gasteiger partial charge on any atom is -0.489 e. The van der Waals surface area contributed by atoms with Crippen LogP contribution in [0, 0.1) is 6.92 Å². The van der Waals surface area contributed by atoms with Crippen molar-refractivity contribution in [3.63, 3.8) is 0 Å². The molecule has 208 valence electrons. The molecule has 4 aromatic rings. The number of hydrogen-bond donors (Lipinski definition) is 3. The largest absolute Gasteiger partial charge is 0.489 e. The van der Waals surface area contributed by atoms with Crippen molar-refractivity contribution >= 4 is 34.9 Å². The number of nitrogens with one attached hydrogen (secondary N) is 2. The van der Waals surface area contributed by atoms with Crippen LogP contribution in [0.3, 0.4) is 0 Å². The average Bonchev–Trinajstić information content (AvgIpc) is 3.51. The van der Waals surface area contributed by atoms with E-state index in [4.69, 9.17) is 15.2 Å². The molecule has 0 spiro atoms. The predicted octanol–water partition coefficient (Wildman–Crippen LogP) is 3.20. The number of nitrogens with two attached hydrogens (primary N) is 1. The highest BCUT2D eigenvalue weighted by Crippen LogP contribution is 2.38. The van der Waals surface area contributed by atoms with E-state index in [1.807, 2.05) is 48.7 Å². The molecule has 0 saturated heterocycles. The Hall–Kier alpha value is -4.87. The molecule has 40 heavy (non-hydrogen) atoms. The van der Waals surface area contributed by atoms with E-state index in [2.05, 4.69) is 20.7 Å². The van der Waals surface area contributed by atoms with Gasteiger partial charge in [-0.15, -0.1) is 0 Å². The van der Waals surface area contributed by atoms with Gasteiger partial charge in [-0.25, -0.2) is 9.78 Å². The lowest BCUT2D eigenvalue weighted by molar-refractivity contribution is 0.0995. The van der Waals surface area contributed by atoms with Gasteiger partial charge in [0.05, 0.1) is 23.9 Å². The van der Waals surface area contributed by atoms with Gasteiger partial charge in [0.2, 0.25) is 11.9 Å². The maximum Gasteiger partial charge on any atom is 0.407 e. The molecule has 1 aliphatic heterocycles. The number of aryl methyl sites for hydroxylation is 2. The van der Waals surface area contributed by atoms with E-state index >= 15 is 0 Å². The fourth-order valence-corrected chi connectivity index (χ4v) is 4.80. The van der Waals surface area contributed by atoms with E-state index in [1.54, 1.807) is 22.9 Å². The van der Waals surface area contributed by atoms with Crippen LogP contribution in [0.1, 0.15) is 51.5 Å². The molecule has 0 fully saturated rings. The number of imidazole rings is 1. The topological polar surface area (TPSA) is 155 Å². The first-order valence-corrected chi connectivity index (χ1v) is 13.1. The predicted molar refractivity (Wildman–Crippen MR) is 147 cm³/mol. The molecule has 2 aromatic carbocycles. The minimum absolute atomic E-state index is 0.236. The number of ether oxygens (including phenoxy) is 2. The first-order valence-electron chi connectivity index (χ1n) is 13.1. The lowest BCUT2D eigenvalue weighted by Gasteiger charge is -2.27. The van der Waals surface area contributed by atoms with Crippen LogP contribution in [0.5, 0.6) is 5.75 Å². The van der Waals surface area contributed by atoms with Crippen LogP contribution in [0.15, 0.2) is 48.5 Å². The number of rotatable bonds is 10. The van der Waals surface area contributed by atoms with Crippen molar-refractivity contribution in [2.45, 2.75) is 39.3 Å². The molecule has 0 bridgehead atoms. The van der Waals surface area contributed by atoms with Crippen LogP contribution >= 0.6 is 0 Å². The van der Waals surface area contributed by atoms with Crippen molar-refractivity contribution in [1.29, 1.82) is 0 Å². The van der Waals surface area contributed by atoms with Crippen LogP contribution in [0.2, 0.25) is 0 Å². The Morgan fingerprint density at radius 1 is 1.18 bits per heavy atom. The summed E-state index contributed by atoms with van der Waals surface area (Å²) in [5, 5.41) is 10.0. The number of anilines is 1. The van der Waals surface area contributed by atoms with Gasteiger partial charge in [0.25, 0.3) is 5.91 Å². The summed E-state index contributed by atoms with van der Waals surface area (Å²) >= 11 is 0. The first kappa shape index (κ1) is 26.7. The van der Waals surface area contributed by atoms with E-state index < -0.39 is 12.0 Å². The molecule has 1 aliphatic rings. The van der Waals surface area contributed by atoms with Gasteiger partial charge in [-0.3, -0.25) is 19.6 Å². The lowest BCUT2D eigenvalue weighted by atomic mass is 10.1. The first-order chi connectivity index (χ1) is 19.3. The molecule has 5 rings (SSSR count). The number of carbonyl (C=O) groups is 3. The zero-order valence-corrected chi connectivity index (χ0v) is 22.3. The highest BCUT2D eigenvalue weighted by Gasteiger charge is 2.29. The molecule has 4 N–H and O–H groups in total. The third-order valence-electron chi connectivity index (χ3n) is 6.70. The van der Waals surface area contributed by atoms with Crippen LogP contribution in [-0.4, -0.2) is 57.0 Å². The second-order valence-electron chi connectivity index (χ2n) is 9.50. The van der Waals surface area contributed by atoms with E-state index in [-0.39, 0.29) is 30.7 Å². The molecular formula is C28H31N7O5. The van der Waals surface area contributed by atoms with Crippen LogP contribution in [0.25, 0.3) is 11.0 Å². The summed E-state index contributed by atoms with van der Waals surface area (Å²) in [6, 6.07) is 14.4. The molecule has 3 amide bonds. The Morgan fingerprint density at radius 2 is 1.98 bits per heavy atom. The van der Waals surface area contributed by atoms with Gasteiger partial charge in [0, 0.05) is 25.1 Å². The zero-order valence-electron chi connectivity index (χ0n) is 22.3. The number of primary amides is 1. The van der Waals surface area contributed by atoms with Crippen LogP contribution < -0.4 is 21.1 Å². The van der Waals surface area contributed by atoms with Crippen molar-refractivity contribution in [2.75, 3.05) is 25.1 Å². The molecule has 3 heterocycles. The molecule has 1 atom stereocenters. The molecule has 0 unspecified atom stereocenters. The van der Waals surface area contributed by atoms with Gasteiger partial charge >= 0.3 is 6.09 Å². The maximum atomic E-state index is 13.2. The van der Waals surface area contributed by atoms with Gasteiger partial charge in [-0.05, 0) is 44.0 Å². The summed E-state index contributed by atoms with van der Waals surface area (Å²) in [4.78, 5) is 42.0. The quantitative estimate of drug-likeness (QED) is 0.276. The Bertz CT molecular complexity index is 1560. The smallest absolute Gasteiger partial charge is 0.407 e. The highest BCUT2D eigenvalue weighted by atomic mass is 16.5. The van der Waals surface area contributed by atoms with E-state index in [0.29, 0.717) is 54.4 Å². The van der Waals surface area contributed by atoms with E-state index in [9.17, 15) is 14.4 Å². The molecule has 12 heteroatoms. The number of benzene rings is 2. The number of nitrogens with zero attached hydrogens (tertiary/aromatic N) is 4. The van der Waals surface area contributed by atoms with E-state index in [0.717, 1.165) is 11.3 Å². The van der Waals surface area contributed by atoms with Crippen molar-refractivity contribution < 1.29 is 23.9 Å². The summed E-state index contributed by atoms with van der Waals surface area (Å²) in [6.07, 6.45) is 0.596. The molecule has 2 aromatic heterocycles. The van der Waals surface area contributed by atoms with Crippen LogP contribution in [-0.2, 0) is 17.7 Å². The van der Waals surface area contributed by atoms with Gasteiger partial charge in [-0.2, -0.15) is 5.10 Å². The third kappa shape index (κ3) is 5.60. The number of amides is 3. The minimum atomic E-state index is -0.610. The number of alkyl carbamates (subject to hydrolysis) is 1. The summed E-state index contributed by atoms with van der Waals surface area (Å²) in [5.41, 5.74) is 9.06. The van der Waals surface area contributed by atoms with Gasteiger partial charge in [0.1, 0.15) is 23.6 Å². The molecule has 0 radical (unpaired) electrons. The molecule has 0 saturated carbocycles. The van der Waals surface area contributed by atoms with Gasteiger partial charge in [0.15, 0.2) is 0 Å². The van der Waals surface area contributed by atoms with Gasteiger partial charge < -0.3 is 25.1 Å². The Morgan fingerprint density at radius 3 is 2.73 bits per heavy atom. The number of carbonyl (C=O) groups excluding carboxylic acids is 3. The fraction of sp³-hybridized carbons (Fsp3) is 0.321. The summed E-state index contributed by atoms with van der Waals surface area (Å²) < 4.78 is 14.8. The normalized spacial score (nSPS) is 14.0. The second-order valence-corrected chi connectivity index (χ2v) is 9.50. The summed E-state index contributed by atoms with van der Waals surface area (Å²) in [7, 11) is 0. The van der Waals surface area contributed by atoms with E-state index in [1.165, 1.54) is 0 Å². The fourth-order valence-electron chi connectivity index (χ4n) is 4.80.